The number of rotatable bonds is 5. The predicted molar refractivity (Wildman–Crippen MR) is 141 cm³/mol. The van der Waals surface area contributed by atoms with Crippen molar-refractivity contribution in [1.29, 1.82) is 0 Å². The number of amides is 3. The van der Waals surface area contributed by atoms with E-state index in [-0.39, 0.29) is 29.7 Å². The topological polar surface area (TPSA) is 112 Å². The number of H-pyrrole nitrogens is 1. The molecular weight excluding hydrogens is 468 g/mol. The molecule has 0 bridgehead atoms. The van der Waals surface area contributed by atoms with Gasteiger partial charge >= 0.3 is 0 Å². The molecule has 9 heteroatoms. The molecule has 0 radical (unpaired) electrons. The number of benzene rings is 1. The van der Waals surface area contributed by atoms with E-state index in [4.69, 9.17) is 0 Å². The van der Waals surface area contributed by atoms with Crippen molar-refractivity contribution in [3.8, 4) is 0 Å². The molecule has 196 valence electrons. The molecule has 1 aliphatic carbocycles. The second-order valence-corrected chi connectivity index (χ2v) is 10.3. The largest absolute Gasteiger partial charge is 0.361 e. The van der Waals surface area contributed by atoms with Crippen LogP contribution in [-0.4, -0.2) is 63.1 Å². The minimum absolute atomic E-state index is 0.0415. The van der Waals surface area contributed by atoms with E-state index >= 15 is 0 Å². The van der Waals surface area contributed by atoms with Crippen LogP contribution in [0.15, 0.2) is 42.7 Å². The Labute approximate surface area is 217 Å². The van der Waals surface area contributed by atoms with Gasteiger partial charge in [-0.3, -0.25) is 19.1 Å². The average molecular weight is 505 g/mol. The fourth-order valence-corrected chi connectivity index (χ4v) is 5.91. The third-order valence-electron chi connectivity index (χ3n) is 7.93. The molecule has 3 N–H and O–H groups in total. The van der Waals surface area contributed by atoms with Crippen molar-refractivity contribution < 1.29 is 14.4 Å². The molecule has 37 heavy (non-hydrogen) atoms. The van der Waals surface area contributed by atoms with Crippen LogP contribution in [0.25, 0.3) is 10.9 Å². The van der Waals surface area contributed by atoms with Crippen LogP contribution >= 0.6 is 0 Å². The van der Waals surface area contributed by atoms with E-state index in [1.807, 2.05) is 29.3 Å². The number of fused-ring (bicyclic) bond motifs is 2. The summed E-state index contributed by atoms with van der Waals surface area (Å²) in [5.74, 6) is -0.931. The third-order valence-corrected chi connectivity index (χ3v) is 7.93. The maximum absolute atomic E-state index is 13.6. The molecule has 2 aliphatic rings. The zero-order valence-electron chi connectivity index (χ0n) is 21.4. The summed E-state index contributed by atoms with van der Waals surface area (Å²) in [6.07, 6.45) is 9.09. The quantitative estimate of drug-likeness (QED) is 0.496. The van der Waals surface area contributed by atoms with Crippen LogP contribution < -0.4 is 10.6 Å². The fraction of sp³-hybridized carbons (Fsp3) is 0.500. The molecule has 0 spiro atoms. The van der Waals surface area contributed by atoms with Gasteiger partial charge < -0.3 is 20.5 Å². The highest BCUT2D eigenvalue weighted by molar-refractivity contribution is 5.94. The summed E-state index contributed by atoms with van der Waals surface area (Å²) in [6, 6.07) is 9.53. The van der Waals surface area contributed by atoms with Crippen LogP contribution in [0.2, 0.25) is 0 Å². The maximum atomic E-state index is 13.6. The van der Waals surface area contributed by atoms with Crippen molar-refractivity contribution >= 4 is 28.6 Å². The third kappa shape index (κ3) is 5.40. The molecule has 3 aromatic rings. The lowest BCUT2D eigenvalue weighted by atomic mass is 9.99. The average Bonchev–Trinajstić information content (AvgIpc) is 3.63. The first kappa shape index (κ1) is 25.0. The Morgan fingerprint density at radius 2 is 1.95 bits per heavy atom. The number of para-hydroxylation sites is 1. The molecule has 2 aromatic heterocycles. The molecule has 3 amide bonds. The van der Waals surface area contributed by atoms with Gasteiger partial charge in [-0.15, -0.1) is 0 Å². The number of aromatic amines is 1. The molecule has 1 saturated heterocycles. The van der Waals surface area contributed by atoms with E-state index in [1.54, 1.807) is 24.0 Å². The van der Waals surface area contributed by atoms with E-state index in [0.717, 1.165) is 37.6 Å². The molecule has 3 unspecified atom stereocenters. The molecular formula is C28H36N6O3. The molecule has 5 rings (SSSR count). The van der Waals surface area contributed by atoms with E-state index in [2.05, 4.69) is 26.8 Å². The van der Waals surface area contributed by atoms with Crippen LogP contribution in [0.1, 0.15) is 54.6 Å². The Morgan fingerprint density at radius 3 is 2.78 bits per heavy atom. The van der Waals surface area contributed by atoms with Crippen LogP contribution in [0, 0.1) is 11.8 Å². The van der Waals surface area contributed by atoms with Crippen LogP contribution in [0.4, 0.5) is 0 Å². The van der Waals surface area contributed by atoms with Crippen LogP contribution in [0.5, 0.6) is 0 Å². The Bertz CT molecular complexity index is 1260. The first-order valence-electron chi connectivity index (χ1n) is 13.4. The minimum Gasteiger partial charge on any atom is -0.361 e. The Hall–Kier alpha value is -3.62. The molecule has 1 aromatic carbocycles. The van der Waals surface area contributed by atoms with Gasteiger partial charge in [-0.2, -0.15) is 5.10 Å². The van der Waals surface area contributed by atoms with Gasteiger partial charge in [-0.25, -0.2) is 0 Å². The number of nitrogens with zero attached hydrogens (tertiary/aromatic N) is 3. The molecule has 3 atom stereocenters. The number of aromatic nitrogens is 3. The first-order chi connectivity index (χ1) is 18.0. The van der Waals surface area contributed by atoms with Gasteiger partial charge in [0.25, 0.3) is 5.91 Å². The summed E-state index contributed by atoms with van der Waals surface area (Å²) in [7, 11) is 1.75. The lowest BCUT2D eigenvalue weighted by Crippen LogP contribution is -2.47. The van der Waals surface area contributed by atoms with Crippen molar-refractivity contribution in [2.45, 2.75) is 51.0 Å². The van der Waals surface area contributed by atoms with Gasteiger partial charge in [0.1, 0.15) is 5.69 Å². The second kappa shape index (κ2) is 11.2. The Morgan fingerprint density at radius 1 is 1.11 bits per heavy atom. The molecule has 3 heterocycles. The van der Waals surface area contributed by atoms with Gasteiger partial charge in [-0.1, -0.05) is 31.0 Å². The normalized spacial score (nSPS) is 22.8. The Balaban J connectivity index is 1.29. The van der Waals surface area contributed by atoms with Crippen molar-refractivity contribution in [2.24, 2.45) is 18.9 Å². The van der Waals surface area contributed by atoms with Crippen molar-refractivity contribution in [3.63, 3.8) is 0 Å². The maximum Gasteiger partial charge on any atom is 0.272 e. The van der Waals surface area contributed by atoms with Gasteiger partial charge in [0.05, 0.1) is 5.92 Å². The van der Waals surface area contributed by atoms with Gasteiger partial charge in [0, 0.05) is 61.9 Å². The van der Waals surface area contributed by atoms with E-state index < -0.39 is 5.92 Å². The van der Waals surface area contributed by atoms with Crippen molar-refractivity contribution in [1.82, 2.24) is 30.3 Å². The number of carbonyl (C=O) groups is 3. The van der Waals surface area contributed by atoms with Crippen LogP contribution in [-0.2, 0) is 23.1 Å². The smallest absolute Gasteiger partial charge is 0.272 e. The number of aryl methyl sites for hydroxylation is 1. The minimum atomic E-state index is -0.403. The standard InChI is InChI=1S/C28H36N6O3/c1-33-24(11-14-32-33)28(37)34-15-7-3-2-6-12-29-27(36)22-16-20(17-25(22)34)26(35)30-13-10-19-18-31-23-9-5-4-8-21(19)23/h4-5,8-9,11,14,18,20,22,25,31H,2-3,6-7,10,12-13,15-17H2,1H3,(H,29,36)(H,30,35). The molecule has 1 saturated carbocycles. The summed E-state index contributed by atoms with van der Waals surface area (Å²) in [4.78, 5) is 45.2. The second-order valence-electron chi connectivity index (χ2n) is 10.3. The lowest BCUT2D eigenvalue weighted by molar-refractivity contribution is -0.126. The molecule has 1 aliphatic heterocycles. The van der Waals surface area contributed by atoms with Crippen molar-refractivity contribution in [3.05, 3.63) is 54.0 Å². The molecule has 2 fully saturated rings. The van der Waals surface area contributed by atoms with Gasteiger partial charge in [0.15, 0.2) is 0 Å². The number of hydrogen-bond donors (Lipinski definition) is 3. The number of nitrogens with one attached hydrogen (secondary N) is 3. The molecule has 9 nitrogen and oxygen atoms in total. The monoisotopic (exact) mass is 504 g/mol. The summed E-state index contributed by atoms with van der Waals surface area (Å²) in [6.45, 7) is 1.74. The number of carbonyl (C=O) groups excluding carboxylic acids is 3. The fourth-order valence-electron chi connectivity index (χ4n) is 5.91. The lowest BCUT2D eigenvalue weighted by Gasteiger charge is -2.32. The summed E-state index contributed by atoms with van der Waals surface area (Å²) in [5, 5.41) is 11.5. The zero-order chi connectivity index (χ0) is 25.8. The highest BCUT2D eigenvalue weighted by atomic mass is 16.2. The SMILES string of the molecule is Cn1nccc1C(=O)N1CCCCCCNC(=O)C2CC(C(=O)NCCc3c[nH]c4ccccc34)CC21. The predicted octanol–water partition coefficient (Wildman–Crippen LogP) is 2.79. The Kier molecular flexibility index (Phi) is 7.58. The summed E-state index contributed by atoms with van der Waals surface area (Å²) >= 11 is 0. The van der Waals surface area contributed by atoms with Gasteiger partial charge in [-0.05, 0) is 49.8 Å². The van der Waals surface area contributed by atoms with E-state index in [9.17, 15) is 14.4 Å². The summed E-state index contributed by atoms with van der Waals surface area (Å²) in [5.41, 5.74) is 2.75. The highest BCUT2D eigenvalue weighted by Gasteiger charge is 2.46. The van der Waals surface area contributed by atoms with E-state index in [0.29, 0.717) is 38.2 Å². The van der Waals surface area contributed by atoms with Crippen LogP contribution in [0.3, 0.4) is 0 Å². The first-order valence-corrected chi connectivity index (χ1v) is 13.4. The van der Waals surface area contributed by atoms with Gasteiger partial charge in [0.2, 0.25) is 11.8 Å². The highest BCUT2D eigenvalue weighted by Crippen LogP contribution is 2.36. The number of hydrogen-bond acceptors (Lipinski definition) is 4. The van der Waals surface area contributed by atoms with E-state index in [1.165, 1.54) is 10.9 Å². The summed E-state index contributed by atoms with van der Waals surface area (Å²) < 4.78 is 1.58. The van der Waals surface area contributed by atoms with Crippen molar-refractivity contribution in [2.75, 3.05) is 19.6 Å². The zero-order valence-corrected chi connectivity index (χ0v) is 21.4.